The van der Waals surface area contributed by atoms with Gasteiger partial charge in [0.15, 0.2) is 0 Å². The van der Waals surface area contributed by atoms with Crippen LogP contribution >= 0.6 is 0 Å². The Morgan fingerprint density at radius 3 is 0.757 bits per heavy atom. The summed E-state index contributed by atoms with van der Waals surface area (Å²) in [6.45, 7) is 0. The molecule has 0 amide bonds. The van der Waals surface area contributed by atoms with Gasteiger partial charge in [0.1, 0.15) is 0 Å². The van der Waals surface area contributed by atoms with Gasteiger partial charge in [0.2, 0.25) is 0 Å². The molecule has 0 aliphatic carbocycles. The van der Waals surface area contributed by atoms with Crippen molar-refractivity contribution in [3.05, 3.63) is 0 Å². The van der Waals surface area contributed by atoms with Crippen LogP contribution in [0.2, 0.25) is 0 Å². The summed E-state index contributed by atoms with van der Waals surface area (Å²) in [5.74, 6) is -54.8. The maximum absolute atomic E-state index is 13.7. The number of rotatable bonds is 9. The Morgan fingerprint density at radius 1 is 0.324 bits per heavy atom. The molecule has 0 atom stereocenters. The van der Waals surface area contributed by atoms with Crippen LogP contribution < -0.4 is 0 Å². The SMILES string of the molecule is FC(F)(F)O[Si](F)(OC(F)(F)F)C(F)(F)C(F)(F)C(F)(F)C(F)(F)C(F)(F)C(F)(F)C(F)(F)C(F)(F)F. The molecule has 0 aromatic rings. The van der Waals surface area contributed by atoms with Gasteiger partial charge in [-0.15, -0.1) is 26.3 Å². The van der Waals surface area contributed by atoms with Crippen molar-refractivity contribution in [2.24, 2.45) is 0 Å². The Balaban J connectivity index is 7.22. The lowest BCUT2D eigenvalue weighted by Gasteiger charge is -2.43. The summed E-state index contributed by atoms with van der Waals surface area (Å²) in [7, 11) is -10.2. The van der Waals surface area contributed by atoms with E-state index in [1.54, 1.807) is 0 Å². The second-order valence-corrected chi connectivity index (χ2v) is 8.26. The number of alkyl halides is 23. The summed E-state index contributed by atoms with van der Waals surface area (Å²) in [6.07, 6.45) is -22.9. The first-order chi connectivity index (χ1) is 15.4. The third kappa shape index (κ3) is 5.34. The molecule has 0 aromatic heterocycles. The average Bonchev–Trinajstić information content (AvgIpc) is 2.55. The van der Waals surface area contributed by atoms with E-state index in [2.05, 4.69) is 0 Å². The standard InChI is InChI=1S/C10F24O2Si/c11-1(12,3(15,16)5(19,20)7(23,24)25)2(13,14)4(17,18)6(21,22)8(26,27)37(34,35-9(28,29)30)36-10(31,32)33. The fourth-order valence-electron chi connectivity index (χ4n) is 1.80. The van der Waals surface area contributed by atoms with Crippen LogP contribution in [-0.4, -0.2) is 68.9 Å². The smallest absolute Gasteiger partial charge is 0.277 e. The van der Waals surface area contributed by atoms with Crippen molar-refractivity contribution in [2.45, 2.75) is 60.0 Å². The van der Waals surface area contributed by atoms with E-state index in [9.17, 15) is 105 Å². The Kier molecular flexibility index (Phi) is 8.37. The van der Waals surface area contributed by atoms with Crippen LogP contribution in [0.15, 0.2) is 0 Å². The van der Waals surface area contributed by atoms with Crippen LogP contribution in [0.1, 0.15) is 0 Å². The molecule has 0 aliphatic heterocycles. The summed E-state index contributed by atoms with van der Waals surface area (Å²) in [5, 5.41) is 0. The van der Waals surface area contributed by atoms with E-state index in [1.807, 2.05) is 0 Å². The van der Waals surface area contributed by atoms with Crippen molar-refractivity contribution in [2.75, 3.05) is 0 Å². The summed E-state index contributed by atoms with van der Waals surface area (Å²) in [5.41, 5.74) is -8.85. The lowest BCUT2D eigenvalue weighted by molar-refractivity contribution is -0.460. The Morgan fingerprint density at radius 2 is 0.541 bits per heavy atom. The molecule has 0 unspecified atom stereocenters. The molecule has 0 aromatic carbocycles. The molecule has 224 valence electrons. The second-order valence-electron chi connectivity index (χ2n) is 6.15. The molecule has 0 spiro atoms. The van der Waals surface area contributed by atoms with Crippen LogP contribution in [0.4, 0.5) is 105 Å². The zero-order chi connectivity index (χ0) is 30.9. The zero-order valence-electron chi connectivity index (χ0n) is 15.4. The largest absolute Gasteiger partial charge is 0.632 e. The highest BCUT2D eigenvalue weighted by Gasteiger charge is 2.98. The van der Waals surface area contributed by atoms with Crippen LogP contribution in [-0.2, 0) is 8.85 Å². The maximum atomic E-state index is 13.7. The van der Waals surface area contributed by atoms with E-state index >= 15 is 0 Å². The van der Waals surface area contributed by atoms with E-state index in [4.69, 9.17) is 0 Å². The molecule has 0 heterocycles. The van der Waals surface area contributed by atoms with Gasteiger partial charge in [0.25, 0.3) is 0 Å². The fraction of sp³-hybridized carbons (Fsp3) is 1.00. The van der Waals surface area contributed by atoms with Gasteiger partial charge in [-0.3, -0.25) is 8.85 Å². The third-order valence-electron chi connectivity index (χ3n) is 3.59. The molecule has 37 heavy (non-hydrogen) atoms. The Hall–Kier alpha value is -1.54. The van der Waals surface area contributed by atoms with Crippen LogP contribution in [0.25, 0.3) is 0 Å². The Labute approximate surface area is 184 Å². The van der Waals surface area contributed by atoms with Crippen molar-refractivity contribution >= 4 is 8.89 Å². The topological polar surface area (TPSA) is 18.5 Å². The minimum Gasteiger partial charge on any atom is -0.277 e. The molecule has 0 saturated heterocycles. The first kappa shape index (κ1) is 35.5. The van der Waals surface area contributed by atoms with Gasteiger partial charge in [0, 0.05) is 0 Å². The van der Waals surface area contributed by atoms with Gasteiger partial charge in [-0.05, 0) is 0 Å². The molecule has 2 nitrogen and oxygen atoms in total. The maximum Gasteiger partial charge on any atom is 0.632 e. The molecule has 0 radical (unpaired) electrons. The number of hydrogen-bond acceptors (Lipinski definition) is 2. The number of hydrogen-bond donors (Lipinski definition) is 0. The van der Waals surface area contributed by atoms with Crippen LogP contribution in [0.3, 0.4) is 0 Å². The van der Waals surface area contributed by atoms with Crippen molar-refractivity contribution in [3.63, 3.8) is 0 Å². The summed E-state index contributed by atoms with van der Waals surface area (Å²) in [6, 6.07) is 0. The van der Waals surface area contributed by atoms with Crippen LogP contribution in [0, 0.1) is 0 Å². The summed E-state index contributed by atoms with van der Waals surface area (Å²) >= 11 is 0. The van der Waals surface area contributed by atoms with Crippen molar-refractivity contribution in [3.8, 4) is 0 Å². The monoisotopic (exact) mass is 636 g/mol. The van der Waals surface area contributed by atoms with E-state index in [0.717, 1.165) is 0 Å². The van der Waals surface area contributed by atoms with Gasteiger partial charge in [-0.1, -0.05) is 0 Å². The van der Waals surface area contributed by atoms with Gasteiger partial charge < -0.3 is 0 Å². The van der Waals surface area contributed by atoms with E-state index in [-0.39, 0.29) is 0 Å². The predicted octanol–water partition coefficient (Wildman–Crippen LogP) is 7.52. The molecular weight excluding hydrogens is 636 g/mol. The Bertz CT molecular complexity index is 801. The van der Waals surface area contributed by atoms with E-state index < -0.39 is 68.9 Å². The molecular formula is C10F24O2Si. The highest BCUT2D eigenvalue weighted by Crippen LogP contribution is 2.65. The molecule has 0 saturated carbocycles. The highest BCUT2D eigenvalue weighted by atomic mass is 28.4. The van der Waals surface area contributed by atoms with Crippen molar-refractivity contribution in [1.29, 1.82) is 0 Å². The molecule has 0 bridgehead atoms. The zero-order valence-corrected chi connectivity index (χ0v) is 16.4. The van der Waals surface area contributed by atoms with Crippen molar-refractivity contribution in [1.82, 2.24) is 0 Å². The molecule has 0 aliphatic rings. The summed E-state index contributed by atoms with van der Waals surface area (Å²) < 4.78 is 309. The van der Waals surface area contributed by atoms with Gasteiger partial charge in [0.05, 0.1) is 0 Å². The molecule has 0 rings (SSSR count). The average molecular weight is 636 g/mol. The lowest BCUT2D eigenvalue weighted by Crippen LogP contribution is -2.78. The highest BCUT2D eigenvalue weighted by molar-refractivity contribution is 6.63. The predicted molar refractivity (Wildman–Crippen MR) is 61.8 cm³/mol. The molecule has 0 N–H and O–H groups in total. The lowest BCUT2D eigenvalue weighted by atomic mass is 9.91. The first-order valence-corrected chi connectivity index (χ1v) is 9.05. The first-order valence-electron chi connectivity index (χ1n) is 7.35. The normalized spacial score (nSPS) is 16.9. The number of halogens is 24. The minimum absolute atomic E-state index is 1.23. The van der Waals surface area contributed by atoms with Gasteiger partial charge in [-0.25, -0.2) is 4.11 Å². The van der Waals surface area contributed by atoms with Crippen LogP contribution in [0.5, 0.6) is 0 Å². The minimum atomic E-state index is -10.2. The molecule has 27 heteroatoms. The summed E-state index contributed by atoms with van der Waals surface area (Å²) in [4.78, 5) is 0. The van der Waals surface area contributed by atoms with Gasteiger partial charge in [-0.2, -0.15) is 74.6 Å². The van der Waals surface area contributed by atoms with E-state index in [1.165, 1.54) is 8.85 Å². The van der Waals surface area contributed by atoms with E-state index in [0.29, 0.717) is 0 Å². The van der Waals surface area contributed by atoms with Crippen molar-refractivity contribution < 1.29 is 114 Å². The quantitative estimate of drug-likeness (QED) is 0.148. The molecule has 0 fully saturated rings. The second kappa shape index (κ2) is 8.73. The third-order valence-corrected chi connectivity index (χ3v) is 5.64. The van der Waals surface area contributed by atoms with Gasteiger partial charge >= 0.3 is 68.9 Å². The fourth-order valence-corrected chi connectivity index (χ4v) is 3.22.